The van der Waals surface area contributed by atoms with Gasteiger partial charge < -0.3 is 20.4 Å². The first-order chi connectivity index (χ1) is 14.1. The zero-order valence-electron chi connectivity index (χ0n) is 16.9. The van der Waals surface area contributed by atoms with E-state index in [1.807, 2.05) is 32.2 Å². The third-order valence-electron chi connectivity index (χ3n) is 4.76. The van der Waals surface area contributed by atoms with Crippen molar-refractivity contribution in [3.8, 4) is 0 Å². The summed E-state index contributed by atoms with van der Waals surface area (Å²) >= 11 is 0. The van der Waals surface area contributed by atoms with Crippen molar-refractivity contribution in [1.29, 1.82) is 0 Å². The van der Waals surface area contributed by atoms with Crippen molar-refractivity contribution >= 4 is 17.3 Å². The zero-order chi connectivity index (χ0) is 20.6. The Labute approximate surface area is 171 Å². The maximum absolute atomic E-state index is 12.3. The van der Waals surface area contributed by atoms with E-state index in [0.29, 0.717) is 6.54 Å². The molecule has 0 radical (unpaired) electrons. The van der Waals surface area contributed by atoms with Gasteiger partial charge in [-0.25, -0.2) is 0 Å². The number of carbonyl (C=O) groups excluding carboxylic acids is 1. The number of benzene rings is 1. The van der Waals surface area contributed by atoms with Gasteiger partial charge in [-0.2, -0.15) is 0 Å². The van der Waals surface area contributed by atoms with Gasteiger partial charge in [0.1, 0.15) is 0 Å². The molecule has 0 bridgehead atoms. The van der Waals surface area contributed by atoms with Crippen LogP contribution in [0, 0.1) is 6.92 Å². The number of anilines is 1. The van der Waals surface area contributed by atoms with E-state index in [1.54, 1.807) is 12.1 Å². The minimum Gasteiger partial charge on any atom is -0.459 e. The molecule has 3 rings (SSSR count). The minimum absolute atomic E-state index is 0.270. The molecular formula is C24H27N3O2. The van der Waals surface area contributed by atoms with Crippen LogP contribution in [-0.4, -0.2) is 26.0 Å². The van der Waals surface area contributed by atoms with E-state index in [1.165, 1.54) is 17.4 Å². The molecule has 3 N–H and O–H groups in total. The van der Waals surface area contributed by atoms with Crippen molar-refractivity contribution < 1.29 is 9.21 Å². The number of rotatable bonds is 8. The summed E-state index contributed by atoms with van der Waals surface area (Å²) in [5, 5.41) is 9.48. The Hall–Kier alpha value is -3.31. The van der Waals surface area contributed by atoms with E-state index < -0.39 is 0 Å². The van der Waals surface area contributed by atoms with E-state index in [4.69, 9.17) is 4.42 Å². The Kier molecular flexibility index (Phi) is 6.87. The lowest BCUT2D eigenvalue weighted by Gasteiger charge is -2.14. The molecule has 150 valence electrons. The highest BCUT2D eigenvalue weighted by atomic mass is 16.3. The maximum Gasteiger partial charge on any atom is 0.291 e. The lowest BCUT2D eigenvalue weighted by molar-refractivity contribution is 0.0996. The molecule has 1 aromatic heterocycles. The normalized spacial score (nSPS) is 13.3. The molecule has 1 amide bonds. The van der Waals surface area contributed by atoms with Gasteiger partial charge in [0, 0.05) is 24.5 Å². The summed E-state index contributed by atoms with van der Waals surface area (Å²) < 4.78 is 5.16. The minimum atomic E-state index is -0.270. The van der Waals surface area contributed by atoms with Crippen LogP contribution in [0.15, 0.2) is 83.0 Å². The first-order valence-electron chi connectivity index (χ1n) is 9.65. The summed E-state index contributed by atoms with van der Waals surface area (Å²) in [5.74, 6) is 0.0131. The molecule has 0 aliphatic heterocycles. The maximum atomic E-state index is 12.3. The molecule has 2 aromatic rings. The molecule has 0 saturated carbocycles. The monoisotopic (exact) mass is 389 g/mol. The van der Waals surface area contributed by atoms with Gasteiger partial charge in [-0.3, -0.25) is 4.79 Å². The topological polar surface area (TPSA) is 66.3 Å². The molecule has 5 heteroatoms. The lowest BCUT2D eigenvalue weighted by Crippen LogP contribution is -2.16. The van der Waals surface area contributed by atoms with Crippen LogP contribution in [0.2, 0.25) is 0 Å². The number of amides is 1. The van der Waals surface area contributed by atoms with Crippen molar-refractivity contribution in [2.75, 3.05) is 25.5 Å². The summed E-state index contributed by atoms with van der Waals surface area (Å²) in [7, 11) is 1.95. The highest BCUT2D eigenvalue weighted by Crippen LogP contribution is 2.22. The van der Waals surface area contributed by atoms with E-state index in [-0.39, 0.29) is 11.7 Å². The Morgan fingerprint density at radius 3 is 2.86 bits per heavy atom. The van der Waals surface area contributed by atoms with E-state index in [0.717, 1.165) is 35.5 Å². The van der Waals surface area contributed by atoms with Gasteiger partial charge in [-0.1, -0.05) is 43.0 Å². The number of hydrogen-bond acceptors (Lipinski definition) is 4. The highest BCUT2D eigenvalue weighted by Gasteiger charge is 2.11. The first-order valence-corrected chi connectivity index (χ1v) is 9.65. The Morgan fingerprint density at radius 1 is 1.24 bits per heavy atom. The predicted molar refractivity (Wildman–Crippen MR) is 119 cm³/mol. The number of nitrogens with one attached hydrogen (secondary N) is 3. The summed E-state index contributed by atoms with van der Waals surface area (Å²) in [6, 6.07) is 9.23. The largest absolute Gasteiger partial charge is 0.459 e. The molecule has 0 spiro atoms. The number of allylic oxidation sites excluding steroid dienone is 3. The van der Waals surface area contributed by atoms with Gasteiger partial charge >= 0.3 is 0 Å². The molecule has 1 heterocycles. The standard InChI is InChI=1S/C24H27N3O2/c1-17-9-12-21(14-22(17)27-24(28)23-8-5-13-29-23)18(2)26-16-20-7-4-6-19(10-11-20)15-25-3/h4-10,12-14,25-26H,2,11,15-16H2,1,3H3,(H,27,28). The van der Waals surface area contributed by atoms with Gasteiger partial charge in [-0.05, 0) is 60.9 Å². The van der Waals surface area contributed by atoms with Crippen LogP contribution in [0.3, 0.4) is 0 Å². The second-order valence-electron chi connectivity index (χ2n) is 6.99. The predicted octanol–water partition coefficient (Wildman–Crippen LogP) is 4.43. The van der Waals surface area contributed by atoms with Crippen LogP contribution >= 0.6 is 0 Å². The summed E-state index contributed by atoms with van der Waals surface area (Å²) in [4.78, 5) is 12.3. The Balaban J connectivity index is 1.62. The molecule has 0 unspecified atom stereocenters. The summed E-state index contributed by atoms with van der Waals surface area (Å²) in [5.41, 5.74) is 6.02. The van der Waals surface area contributed by atoms with Crippen molar-refractivity contribution in [3.05, 3.63) is 95.5 Å². The number of carbonyl (C=O) groups is 1. The second-order valence-corrected chi connectivity index (χ2v) is 6.99. The van der Waals surface area contributed by atoms with Crippen LogP contribution < -0.4 is 16.0 Å². The van der Waals surface area contributed by atoms with Crippen LogP contribution in [0.25, 0.3) is 5.70 Å². The summed E-state index contributed by atoms with van der Waals surface area (Å²) in [6.45, 7) is 7.70. The molecule has 0 saturated heterocycles. The van der Waals surface area contributed by atoms with Gasteiger partial charge in [0.15, 0.2) is 5.76 Å². The highest BCUT2D eigenvalue weighted by molar-refractivity contribution is 6.02. The molecule has 0 fully saturated rings. The number of furan rings is 1. The third-order valence-corrected chi connectivity index (χ3v) is 4.76. The van der Waals surface area contributed by atoms with Crippen molar-refractivity contribution in [1.82, 2.24) is 10.6 Å². The smallest absolute Gasteiger partial charge is 0.291 e. The fraction of sp³-hybridized carbons (Fsp3) is 0.208. The molecule has 29 heavy (non-hydrogen) atoms. The van der Waals surface area contributed by atoms with Crippen molar-refractivity contribution in [2.45, 2.75) is 13.3 Å². The lowest BCUT2D eigenvalue weighted by atomic mass is 10.1. The molecule has 1 aromatic carbocycles. The van der Waals surface area contributed by atoms with Crippen LogP contribution in [0.1, 0.15) is 28.1 Å². The van der Waals surface area contributed by atoms with Crippen LogP contribution in [-0.2, 0) is 0 Å². The van der Waals surface area contributed by atoms with E-state index in [2.05, 4.69) is 46.8 Å². The van der Waals surface area contributed by atoms with Gasteiger partial charge in [-0.15, -0.1) is 0 Å². The van der Waals surface area contributed by atoms with E-state index >= 15 is 0 Å². The molecule has 1 aliphatic rings. The quantitative estimate of drug-likeness (QED) is 0.625. The first kappa shape index (κ1) is 20.4. The Morgan fingerprint density at radius 2 is 2.10 bits per heavy atom. The third kappa shape index (κ3) is 5.59. The average molecular weight is 389 g/mol. The fourth-order valence-electron chi connectivity index (χ4n) is 3.03. The molecule has 5 nitrogen and oxygen atoms in total. The van der Waals surface area contributed by atoms with Gasteiger partial charge in [0.25, 0.3) is 5.91 Å². The number of hydrogen-bond donors (Lipinski definition) is 3. The average Bonchev–Trinajstić information content (AvgIpc) is 3.17. The van der Waals surface area contributed by atoms with E-state index in [9.17, 15) is 4.79 Å². The molecular weight excluding hydrogens is 362 g/mol. The summed E-state index contributed by atoms with van der Waals surface area (Å²) in [6.07, 6.45) is 11.0. The molecule has 1 aliphatic carbocycles. The van der Waals surface area contributed by atoms with Crippen molar-refractivity contribution in [2.24, 2.45) is 0 Å². The van der Waals surface area contributed by atoms with Gasteiger partial charge in [0.2, 0.25) is 0 Å². The van der Waals surface area contributed by atoms with Crippen LogP contribution in [0.5, 0.6) is 0 Å². The molecule has 0 atom stereocenters. The van der Waals surface area contributed by atoms with Gasteiger partial charge in [0.05, 0.1) is 6.26 Å². The van der Waals surface area contributed by atoms with Crippen LogP contribution in [0.4, 0.5) is 5.69 Å². The SMILES string of the molecule is C=C(NCC1=CC=CC(CNC)=CC1)c1ccc(C)c(NC(=O)c2ccco2)c1. The number of likely N-dealkylation sites (N-methyl/N-ethyl adjacent to an activating group) is 1. The number of aryl methyl sites for hydroxylation is 1. The fourth-order valence-corrected chi connectivity index (χ4v) is 3.03. The second kappa shape index (κ2) is 9.75. The Bertz CT molecular complexity index is 966. The van der Waals surface area contributed by atoms with Crippen molar-refractivity contribution in [3.63, 3.8) is 0 Å². The zero-order valence-corrected chi connectivity index (χ0v) is 16.9.